The standard InChI is InChI=1S/C15H23NO2/c1-16(2)11-13-6-3-4-9-15(13,18)12-7-5-8-14(17)10-12/h5,7-8,10,13,17-18H,3-4,6,9,11H2,1-2H3/t13-,15+/m0/s1/i9D2,11D2,13D,18D. The smallest absolute Gasteiger partial charge is 0.211 e. The Balaban J connectivity index is 2.82. The molecule has 0 bridgehead atoms. The van der Waals surface area contributed by atoms with Crippen molar-refractivity contribution < 1.29 is 17.1 Å². The van der Waals surface area contributed by atoms with E-state index >= 15 is 0 Å². The van der Waals surface area contributed by atoms with Gasteiger partial charge in [0.1, 0.15) is 5.75 Å². The fourth-order valence-electron chi connectivity index (χ4n) is 2.22. The summed E-state index contributed by atoms with van der Waals surface area (Å²) < 4.78 is 50.3. The molecule has 0 aliphatic heterocycles. The Bertz CT molecular complexity index is 611. The van der Waals surface area contributed by atoms with Gasteiger partial charge in [0.15, 0.2) is 0 Å². The molecular formula is C15H23NO2. The zero-order chi connectivity index (χ0) is 18.4. The van der Waals surface area contributed by atoms with Crippen LogP contribution in [0.2, 0.25) is 0 Å². The average Bonchev–Trinajstić information content (AvgIpc) is 2.46. The molecule has 0 amide bonds. The predicted molar refractivity (Wildman–Crippen MR) is 72.5 cm³/mol. The molecule has 0 heterocycles. The Hall–Kier alpha value is -1.06. The summed E-state index contributed by atoms with van der Waals surface area (Å²) in [6.07, 6.45) is -1.81. The van der Waals surface area contributed by atoms with Gasteiger partial charge in [0.2, 0.25) is 1.43 Å². The summed E-state index contributed by atoms with van der Waals surface area (Å²) in [4.78, 5) is 1.21. The SMILES string of the molecule is [2H]O[C@@]1(c2cccc(O)c2)C([2H])([2H])CCC[C@@]1([2H])C([2H])([2H])N(C)C. The highest BCUT2D eigenvalue weighted by atomic mass is 16.3. The third-order valence-corrected chi connectivity index (χ3v) is 3.01. The maximum atomic E-state index is 9.80. The Kier molecular flexibility index (Phi) is 2.21. The molecule has 0 radical (unpaired) electrons. The second-order valence-corrected chi connectivity index (χ2v) is 4.75. The highest BCUT2D eigenvalue weighted by Gasteiger charge is 2.40. The molecule has 1 aromatic rings. The number of phenols is 1. The van der Waals surface area contributed by atoms with Gasteiger partial charge in [0, 0.05) is 19.2 Å². The Labute approximate surface area is 118 Å². The van der Waals surface area contributed by atoms with E-state index in [1.807, 2.05) is 0 Å². The highest BCUT2D eigenvalue weighted by Crippen LogP contribution is 2.42. The molecule has 2 rings (SSSR count). The Morgan fingerprint density at radius 1 is 1.61 bits per heavy atom. The molecule has 3 heteroatoms. The molecule has 100 valence electrons. The highest BCUT2D eigenvalue weighted by molar-refractivity contribution is 5.32. The molecule has 0 spiro atoms. The van der Waals surface area contributed by atoms with Crippen LogP contribution in [0.15, 0.2) is 24.3 Å². The lowest BCUT2D eigenvalue weighted by Gasteiger charge is -2.41. The molecule has 2 atom stereocenters. The molecule has 1 fully saturated rings. The first kappa shape index (κ1) is 7.51. The molecule has 1 aliphatic carbocycles. The molecule has 1 aliphatic rings. The normalized spacial score (nSPS) is 41.1. The number of hydrogen-bond donors (Lipinski definition) is 2. The molecule has 1 aromatic carbocycles. The van der Waals surface area contributed by atoms with E-state index in [1.165, 1.54) is 43.3 Å². The maximum Gasteiger partial charge on any atom is 0.211 e. The van der Waals surface area contributed by atoms with Gasteiger partial charge in [-0.25, -0.2) is 0 Å². The molecular weight excluding hydrogens is 226 g/mol. The summed E-state index contributed by atoms with van der Waals surface area (Å²) in [7, 11) is 2.94. The van der Waals surface area contributed by atoms with Gasteiger partial charge >= 0.3 is 0 Å². The minimum absolute atomic E-state index is 0.0201. The van der Waals surface area contributed by atoms with Crippen LogP contribution in [-0.4, -0.2) is 37.1 Å². The van der Waals surface area contributed by atoms with Gasteiger partial charge < -0.3 is 15.1 Å². The van der Waals surface area contributed by atoms with Crippen molar-refractivity contribution in [1.82, 2.24) is 4.90 Å². The molecule has 0 saturated heterocycles. The molecule has 0 unspecified atom stereocenters. The van der Waals surface area contributed by atoms with Crippen LogP contribution in [0.25, 0.3) is 0 Å². The predicted octanol–water partition coefficient (Wildman–Crippen LogP) is 2.33. The Morgan fingerprint density at radius 2 is 2.44 bits per heavy atom. The van der Waals surface area contributed by atoms with Gasteiger partial charge in [-0.3, -0.25) is 0 Å². The molecule has 1 saturated carbocycles. The third-order valence-electron chi connectivity index (χ3n) is 3.01. The summed E-state index contributed by atoms with van der Waals surface area (Å²) in [5.41, 5.74) is -2.10. The minimum Gasteiger partial charge on any atom is -0.508 e. The topological polar surface area (TPSA) is 43.7 Å². The van der Waals surface area contributed by atoms with Crippen LogP contribution in [0.5, 0.6) is 5.75 Å². The van der Waals surface area contributed by atoms with Crippen molar-refractivity contribution in [3.63, 3.8) is 0 Å². The molecule has 3 nitrogen and oxygen atoms in total. The number of aliphatic hydroxyl groups is 1. The van der Waals surface area contributed by atoms with Crippen LogP contribution in [0, 0.1) is 5.89 Å². The van der Waals surface area contributed by atoms with E-state index in [1.54, 1.807) is 0 Å². The number of nitrogens with zero attached hydrogens (tertiary/aromatic N) is 1. The van der Waals surface area contributed by atoms with Gasteiger partial charge in [-0.2, -0.15) is 0 Å². The van der Waals surface area contributed by atoms with Gasteiger partial charge in [-0.1, -0.05) is 25.0 Å². The van der Waals surface area contributed by atoms with E-state index in [4.69, 9.17) is 13.4 Å². The van der Waals surface area contributed by atoms with Crippen molar-refractivity contribution in [2.75, 3.05) is 20.6 Å². The fraction of sp³-hybridized carbons (Fsp3) is 0.600. The molecule has 0 aromatic heterocycles. The summed E-state index contributed by atoms with van der Waals surface area (Å²) in [6.45, 7) is -2.27. The van der Waals surface area contributed by atoms with Crippen molar-refractivity contribution >= 4 is 0 Å². The second-order valence-electron chi connectivity index (χ2n) is 4.75. The van der Waals surface area contributed by atoms with Crippen LogP contribution < -0.4 is 0 Å². The first-order chi connectivity index (χ1) is 11.0. The fourth-order valence-corrected chi connectivity index (χ4v) is 2.22. The van der Waals surface area contributed by atoms with Crippen molar-refractivity contribution in [1.29, 1.82) is 1.43 Å². The van der Waals surface area contributed by atoms with Crippen LogP contribution in [0.4, 0.5) is 0 Å². The first-order valence-electron chi connectivity index (χ1n) is 8.98. The Morgan fingerprint density at radius 3 is 3.11 bits per heavy atom. The maximum absolute atomic E-state index is 9.80. The largest absolute Gasteiger partial charge is 0.508 e. The van der Waals surface area contributed by atoms with Gasteiger partial charge in [0.05, 0.1) is 5.60 Å². The number of rotatable bonds is 4. The number of hydrogen-bond acceptors (Lipinski definition) is 3. The van der Waals surface area contributed by atoms with Crippen molar-refractivity contribution in [2.24, 2.45) is 5.89 Å². The van der Waals surface area contributed by atoms with Gasteiger partial charge in [0.25, 0.3) is 0 Å². The van der Waals surface area contributed by atoms with Gasteiger partial charge in [-0.15, -0.1) is 0 Å². The van der Waals surface area contributed by atoms with Crippen LogP contribution in [0.1, 0.15) is 38.1 Å². The monoisotopic (exact) mass is 255 g/mol. The third kappa shape index (κ3) is 2.68. The van der Waals surface area contributed by atoms with Crippen LogP contribution in [-0.2, 0) is 5.60 Å². The van der Waals surface area contributed by atoms with E-state index in [0.29, 0.717) is 6.42 Å². The van der Waals surface area contributed by atoms with Crippen molar-refractivity contribution in [3.8, 4) is 5.75 Å². The van der Waals surface area contributed by atoms with E-state index in [9.17, 15) is 5.11 Å². The molecule has 2 N–H and O–H groups in total. The first-order valence-corrected chi connectivity index (χ1v) is 6.07. The lowest BCUT2D eigenvalue weighted by Crippen LogP contribution is -2.43. The van der Waals surface area contributed by atoms with E-state index in [2.05, 4.69) is 0 Å². The van der Waals surface area contributed by atoms with Crippen LogP contribution in [0.3, 0.4) is 0 Å². The van der Waals surface area contributed by atoms with E-state index in [-0.39, 0.29) is 24.2 Å². The zero-order valence-electron chi connectivity index (χ0n) is 16.7. The quantitative estimate of drug-likeness (QED) is 0.868. The average molecular weight is 255 g/mol. The summed E-state index contributed by atoms with van der Waals surface area (Å²) in [5.74, 6) is -2.25. The van der Waals surface area contributed by atoms with Gasteiger partial charge in [-0.05, 0) is 44.6 Å². The second kappa shape index (κ2) is 5.29. The lowest BCUT2D eigenvalue weighted by molar-refractivity contribution is -0.0619. The number of benzene rings is 1. The van der Waals surface area contributed by atoms with Crippen LogP contribution >= 0.6 is 0 Å². The number of phenolic OH excluding ortho intramolecular Hbond substituents is 1. The summed E-state index contributed by atoms with van der Waals surface area (Å²) >= 11 is 0. The summed E-state index contributed by atoms with van der Waals surface area (Å²) in [6, 6.07) is 5.58. The lowest BCUT2D eigenvalue weighted by atomic mass is 9.71. The van der Waals surface area contributed by atoms with E-state index < -0.39 is 24.4 Å². The summed E-state index contributed by atoms with van der Waals surface area (Å²) in [5, 5.41) is 14.7. The molecule has 18 heavy (non-hydrogen) atoms. The number of aromatic hydroxyl groups is 1. The zero-order valence-corrected chi connectivity index (χ0v) is 10.7. The van der Waals surface area contributed by atoms with E-state index in [0.717, 1.165) is 0 Å². The minimum atomic E-state index is -2.27. The van der Waals surface area contributed by atoms with Crippen molar-refractivity contribution in [3.05, 3.63) is 29.8 Å². The van der Waals surface area contributed by atoms with Crippen molar-refractivity contribution in [2.45, 2.75) is 31.2 Å².